The van der Waals surface area contributed by atoms with Crippen LogP contribution in [0, 0.1) is 11.6 Å². The molecule has 0 saturated carbocycles. The summed E-state index contributed by atoms with van der Waals surface area (Å²) >= 11 is 0. The van der Waals surface area contributed by atoms with Crippen molar-refractivity contribution in [2.45, 2.75) is 44.9 Å². The highest BCUT2D eigenvalue weighted by atomic mass is 19.1. The maximum absolute atomic E-state index is 13.3. The van der Waals surface area contributed by atoms with E-state index in [0.717, 1.165) is 18.2 Å². The Morgan fingerprint density at radius 3 is 2.75 bits per heavy atom. The highest BCUT2D eigenvalue weighted by molar-refractivity contribution is 5.77. The molecule has 5 nitrogen and oxygen atoms in total. The quantitative estimate of drug-likeness (QED) is 0.882. The fraction of sp³-hybridized carbons (Fsp3) is 0.412. The first kappa shape index (κ1) is 16.6. The van der Waals surface area contributed by atoms with Gasteiger partial charge in [0.15, 0.2) is 0 Å². The second kappa shape index (κ2) is 7.09. The van der Waals surface area contributed by atoms with Gasteiger partial charge < -0.3 is 10.6 Å². The van der Waals surface area contributed by atoms with E-state index in [0.29, 0.717) is 24.9 Å². The molecule has 1 aliphatic heterocycles. The molecule has 2 aromatic rings. The van der Waals surface area contributed by atoms with Gasteiger partial charge in [-0.3, -0.25) is 9.48 Å². The fourth-order valence-electron chi connectivity index (χ4n) is 3.01. The number of benzene rings is 1. The van der Waals surface area contributed by atoms with Crippen molar-refractivity contribution in [3.05, 3.63) is 53.4 Å². The van der Waals surface area contributed by atoms with Crippen molar-refractivity contribution >= 4 is 5.91 Å². The van der Waals surface area contributed by atoms with E-state index < -0.39 is 11.6 Å². The number of piperidine rings is 1. The van der Waals surface area contributed by atoms with Crippen molar-refractivity contribution in [3.8, 4) is 0 Å². The molecule has 0 bridgehead atoms. The molecule has 7 heteroatoms. The number of hydrogen-bond donors (Lipinski definition) is 2. The molecule has 1 aromatic carbocycles. The van der Waals surface area contributed by atoms with Crippen LogP contribution in [0.25, 0.3) is 0 Å². The molecule has 0 spiro atoms. The van der Waals surface area contributed by atoms with Crippen molar-refractivity contribution in [2.75, 3.05) is 0 Å². The average molecular weight is 334 g/mol. The third kappa shape index (κ3) is 3.79. The number of carbonyl (C=O) groups excluding carboxylic acids is 1. The number of nitrogens with one attached hydrogen (secondary N) is 2. The molecular formula is C17H20F2N4O. The van der Waals surface area contributed by atoms with Gasteiger partial charge in [-0.15, -0.1) is 0 Å². The normalized spacial score (nSPS) is 20.9. The molecule has 2 heterocycles. The van der Waals surface area contributed by atoms with Crippen LogP contribution in [0.4, 0.5) is 8.78 Å². The Morgan fingerprint density at radius 1 is 1.33 bits per heavy atom. The Morgan fingerprint density at radius 2 is 2.08 bits per heavy atom. The van der Waals surface area contributed by atoms with Crippen LogP contribution < -0.4 is 10.6 Å². The Labute approximate surface area is 139 Å². The summed E-state index contributed by atoms with van der Waals surface area (Å²) in [7, 11) is 0. The number of aromatic nitrogens is 2. The second-order valence-corrected chi connectivity index (χ2v) is 5.98. The molecule has 128 valence electrons. The summed E-state index contributed by atoms with van der Waals surface area (Å²) in [5.41, 5.74) is 1.46. The minimum atomic E-state index is -0.593. The molecule has 1 aliphatic rings. The van der Waals surface area contributed by atoms with E-state index in [4.69, 9.17) is 0 Å². The standard InChI is InChI=1S/C17H20F2N4O/c1-2-23-10-12(9-21-23)17-15(3-4-16(24)22-17)20-8-11-5-13(18)7-14(19)6-11/h5-7,9-10,15,17,20H,2-4,8H2,1H3,(H,22,24)/t15-,17+/m1/s1. The summed E-state index contributed by atoms with van der Waals surface area (Å²) in [5.74, 6) is -1.19. The first-order valence-electron chi connectivity index (χ1n) is 8.05. The molecular weight excluding hydrogens is 314 g/mol. The molecule has 0 unspecified atom stereocenters. The lowest BCUT2D eigenvalue weighted by Crippen LogP contribution is -2.48. The summed E-state index contributed by atoms with van der Waals surface area (Å²) in [4.78, 5) is 11.8. The minimum absolute atomic E-state index is 0.000835. The van der Waals surface area contributed by atoms with Crippen LogP contribution in [0.5, 0.6) is 0 Å². The first-order valence-corrected chi connectivity index (χ1v) is 8.05. The maximum Gasteiger partial charge on any atom is 0.220 e. The third-order valence-corrected chi connectivity index (χ3v) is 4.23. The number of nitrogens with zero attached hydrogens (tertiary/aromatic N) is 2. The topological polar surface area (TPSA) is 59.0 Å². The van der Waals surface area contributed by atoms with E-state index in [2.05, 4.69) is 15.7 Å². The van der Waals surface area contributed by atoms with Crippen LogP contribution in [0.1, 0.15) is 36.9 Å². The van der Waals surface area contributed by atoms with E-state index in [1.165, 1.54) is 12.1 Å². The lowest BCUT2D eigenvalue weighted by Gasteiger charge is -2.32. The zero-order valence-electron chi connectivity index (χ0n) is 13.4. The van der Waals surface area contributed by atoms with Gasteiger partial charge >= 0.3 is 0 Å². The monoisotopic (exact) mass is 334 g/mol. The second-order valence-electron chi connectivity index (χ2n) is 5.98. The highest BCUT2D eigenvalue weighted by Gasteiger charge is 2.30. The van der Waals surface area contributed by atoms with E-state index >= 15 is 0 Å². The number of rotatable bonds is 5. The zero-order chi connectivity index (χ0) is 17.1. The van der Waals surface area contributed by atoms with E-state index in [9.17, 15) is 13.6 Å². The van der Waals surface area contributed by atoms with Crippen molar-refractivity contribution in [1.29, 1.82) is 0 Å². The van der Waals surface area contributed by atoms with E-state index in [-0.39, 0.29) is 18.0 Å². The molecule has 2 N–H and O–H groups in total. The number of hydrogen-bond acceptors (Lipinski definition) is 3. The number of amides is 1. The van der Waals surface area contributed by atoms with Gasteiger partial charge in [-0.2, -0.15) is 5.10 Å². The minimum Gasteiger partial charge on any atom is -0.348 e. The molecule has 24 heavy (non-hydrogen) atoms. The molecule has 1 amide bonds. The SMILES string of the molecule is CCn1cc([C@@H]2NC(=O)CC[C@H]2NCc2cc(F)cc(F)c2)cn1. The first-order chi connectivity index (χ1) is 11.5. The predicted molar refractivity (Wildman–Crippen MR) is 85.0 cm³/mol. The Balaban J connectivity index is 1.72. The van der Waals surface area contributed by atoms with Gasteiger partial charge in [-0.25, -0.2) is 8.78 Å². The lowest BCUT2D eigenvalue weighted by atomic mass is 9.93. The van der Waals surface area contributed by atoms with E-state index in [1.54, 1.807) is 10.9 Å². The highest BCUT2D eigenvalue weighted by Crippen LogP contribution is 2.24. The smallest absolute Gasteiger partial charge is 0.220 e. The zero-order valence-corrected chi connectivity index (χ0v) is 13.4. The van der Waals surface area contributed by atoms with Crippen LogP contribution in [0.15, 0.2) is 30.6 Å². The number of carbonyl (C=O) groups is 1. The Kier molecular flexibility index (Phi) is 4.89. The van der Waals surface area contributed by atoms with Gasteiger partial charge in [0.1, 0.15) is 11.6 Å². The van der Waals surface area contributed by atoms with Crippen LogP contribution >= 0.6 is 0 Å². The average Bonchev–Trinajstić information content (AvgIpc) is 3.01. The fourth-order valence-corrected chi connectivity index (χ4v) is 3.01. The molecule has 1 saturated heterocycles. The Bertz CT molecular complexity index is 711. The summed E-state index contributed by atoms with van der Waals surface area (Å²) in [6.45, 7) is 3.07. The van der Waals surface area contributed by atoms with Gasteiger partial charge in [-0.1, -0.05) is 0 Å². The molecule has 1 fully saturated rings. The molecule has 0 radical (unpaired) electrons. The van der Waals surface area contributed by atoms with Crippen LogP contribution in [0.2, 0.25) is 0 Å². The summed E-state index contributed by atoms with van der Waals surface area (Å²) in [6.07, 6.45) is 4.74. The summed E-state index contributed by atoms with van der Waals surface area (Å²) in [6, 6.07) is 3.24. The molecule has 2 atom stereocenters. The van der Waals surface area contributed by atoms with Gasteiger partial charge in [0, 0.05) is 43.4 Å². The van der Waals surface area contributed by atoms with Crippen molar-refractivity contribution in [2.24, 2.45) is 0 Å². The molecule has 3 rings (SSSR count). The van der Waals surface area contributed by atoms with Gasteiger partial charge in [0.2, 0.25) is 5.91 Å². The number of halogens is 2. The van der Waals surface area contributed by atoms with Crippen molar-refractivity contribution in [1.82, 2.24) is 20.4 Å². The summed E-state index contributed by atoms with van der Waals surface area (Å²) in [5, 5.41) is 10.5. The van der Waals surface area contributed by atoms with E-state index in [1.807, 2.05) is 13.1 Å². The third-order valence-electron chi connectivity index (χ3n) is 4.23. The summed E-state index contributed by atoms with van der Waals surface area (Å²) < 4.78 is 28.4. The van der Waals surface area contributed by atoms with Crippen LogP contribution in [0.3, 0.4) is 0 Å². The largest absolute Gasteiger partial charge is 0.348 e. The van der Waals surface area contributed by atoms with Crippen LogP contribution in [-0.4, -0.2) is 21.7 Å². The number of aryl methyl sites for hydroxylation is 1. The van der Waals surface area contributed by atoms with Gasteiger partial charge in [0.05, 0.1) is 12.2 Å². The van der Waals surface area contributed by atoms with Crippen molar-refractivity contribution in [3.63, 3.8) is 0 Å². The van der Waals surface area contributed by atoms with Crippen LogP contribution in [-0.2, 0) is 17.9 Å². The molecule has 0 aliphatic carbocycles. The Hall–Kier alpha value is -2.28. The van der Waals surface area contributed by atoms with Gasteiger partial charge in [0.25, 0.3) is 0 Å². The predicted octanol–water partition coefficient (Wildman–Crippen LogP) is 2.29. The van der Waals surface area contributed by atoms with Gasteiger partial charge in [-0.05, 0) is 31.0 Å². The molecule has 1 aromatic heterocycles. The maximum atomic E-state index is 13.3. The van der Waals surface area contributed by atoms with Crippen molar-refractivity contribution < 1.29 is 13.6 Å². The lowest BCUT2D eigenvalue weighted by molar-refractivity contribution is -0.123.